The van der Waals surface area contributed by atoms with Gasteiger partial charge in [-0.2, -0.15) is 0 Å². The average molecular weight is 502 g/mol. The first-order chi connectivity index (χ1) is 16.5. The number of thiophene rings is 1. The Kier molecular flexibility index (Phi) is 7.81. The molecule has 0 fully saturated rings. The molecule has 2 aliphatic rings. The number of ether oxygens (including phenoxy) is 2. The lowest BCUT2D eigenvalue weighted by Gasteiger charge is -2.35. The van der Waals surface area contributed by atoms with Crippen LogP contribution >= 0.6 is 23.1 Å². The highest BCUT2D eigenvalue weighted by atomic mass is 32.2. The first kappa shape index (κ1) is 24.2. The molecule has 1 aromatic heterocycles. The van der Waals surface area contributed by atoms with Gasteiger partial charge in [-0.15, -0.1) is 11.3 Å². The lowest BCUT2D eigenvalue weighted by atomic mass is 9.99. The molecule has 0 bridgehead atoms. The second kappa shape index (κ2) is 11.0. The molecule has 1 amide bonds. The fraction of sp³-hybridized carbons (Fsp3) is 0.292. The van der Waals surface area contributed by atoms with Gasteiger partial charge in [-0.05, 0) is 41.5 Å². The number of methoxy groups -OCH3 is 1. The Bertz CT molecular complexity index is 1140. The third-order valence-corrected chi connectivity index (χ3v) is 7.11. The van der Waals surface area contributed by atoms with E-state index in [1.165, 1.54) is 35.2 Å². The molecule has 2 aliphatic heterocycles. The maximum absolute atomic E-state index is 13.1. The normalized spacial score (nSPS) is 17.3. The minimum atomic E-state index is -0.451. The van der Waals surface area contributed by atoms with Crippen molar-refractivity contribution in [3.63, 3.8) is 0 Å². The third-order valence-electron chi connectivity index (χ3n) is 5.30. The largest absolute Gasteiger partial charge is 0.460 e. The Labute approximate surface area is 205 Å². The van der Waals surface area contributed by atoms with Crippen molar-refractivity contribution < 1.29 is 23.5 Å². The molecule has 0 radical (unpaired) electrons. The number of hydrogen-bond acceptors (Lipinski definition) is 8. The van der Waals surface area contributed by atoms with Gasteiger partial charge in [-0.1, -0.05) is 30.0 Å². The highest BCUT2D eigenvalue weighted by Gasteiger charge is 2.41. The summed E-state index contributed by atoms with van der Waals surface area (Å²) in [4.78, 5) is 33.3. The number of amides is 1. The number of esters is 1. The zero-order valence-electron chi connectivity index (χ0n) is 18.7. The summed E-state index contributed by atoms with van der Waals surface area (Å²) < 4.78 is 23.5. The van der Waals surface area contributed by atoms with Gasteiger partial charge < -0.3 is 19.7 Å². The minimum absolute atomic E-state index is 0.111. The van der Waals surface area contributed by atoms with Crippen LogP contribution in [0.4, 0.5) is 4.39 Å². The summed E-state index contributed by atoms with van der Waals surface area (Å²) in [5.41, 5.74) is 2.59. The number of allylic oxidation sites excluding steroid dienone is 1. The molecular formula is C24H24FN3O4S2. The van der Waals surface area contributed by atoms with E-state index in [0.29, 0.717) is 29.6 Å². The van der Waals surface area contributed by atoms with E-state index in [1.807, 2.05) is 27.8 Å². The van der Waals surface area contributed by atoms with Crippen molar-refractivity contribution in [2.75, 3.05) is 20.3 Å². The van der Waals surface area contributed by atoms with E-state index in [0.717, 1.165) is 16.1 Å². The van der Waals surface area contributed by atoms with Crippen LogP contribution in [0.15, 0.2) is 69.1 Å². The van der Waals surface area contributed by atoms with Crippen molar-refractivity contribution in [2.45, 2.75) is 25.9 Å². The average Bonchev–Trinajstić information content (AvgIpc) is 3.48. The topological polar surface area (TPSA) is 80.2 Å². The molecule has 178 valence electrons. The molecule has 0 aliphatic carbocycles. The Morgan fingerprint density at radius 1 is 1.21 bits per heavy atom. The number of hydrogen-bond donors (Lipinski definition) is 1. The van der Waals surface area contributed by atoms with E-state index in [4.69, 9.17) is 9.47 Å². The Balaban J connectivity index is 1.52. The number of amidine groups is 1. The fourth-order valence-electron chi connectivity index (χ4n) is 3.67. The van der Waals surface area contributed by atoms with E-state index >= 15 is 0 Å². The second-order valence-corrected chi connectivity index (χ2v) is 9.43. The molecule has 3 heterocycles. The molecule has 4 rings (SSSR count). The SMILES string of the molecule is COCCOC(=O)C1=C(C)N=C2SC=C(CC(=O)NCc3ccc(F)cc3)N2C1c1cccs1. The highest BCUT2D eigenvalue weighted by Crippen LogP contribution is 2.45. The van der Waals surface area contributed by atoms with E-state index in [2.05, 4.69) is 10.3 Å². The lowest BCUT2D eigenvalue weighted by Crippen LogP contribution is -2.37. The molecule has 0 spiro atoms. The van der Waals surface area contributed by atoms with Crippen LogP contribution < -0.4 is 5.32 Å². The third kappa shape index (κ3) is 5.40. The summed E-state index contributed by atoms with van der Waals surface area (Å²) in [7, 11) is 1.55. The monoisotopic (exact) mass is 501 g/mol. The van der Waals surface area contributed by atoms with Gasteiger partial charge in [-0.3, -0.25) is 4.79 Å². The van der Waals surface area contributed by atoms with Crippen LogP contribution in [0, 0.1) is 5.82 Å². The van der Waals surface area contributed by atoms with Gasteiger partial charge in [0.15, 0.2) is 5.17 Å². The molecule has 0 saturated heterocycles. The molecule has 34 heavy (non-hydrogen) atoms. The van der Waals surface area contributed by atoms with Crippen LogP contribution in [0.2, 0.25) is 0 Å². The minimum Gasteiger partial charge on any atom is -0.460 e. The van der Waals surface area contributed by atoms with E-state index in [9.17, 15) is 14.0 Å². The zero-order valence-corrected chi connectivity index (χ0v) is 20.4. The smallest absolute Gasteiger partial charge is 0.338 e. The summed E-state index contributed by atoms with van der Waals surface area (Å²) in [6.07, 6.45) is 0.111. The van der Waals surface area contributed by atoms with Gasteiger partial charge in [0.1, 0.15) is 18.5 Å². The summed E-state index contributed by atoms with van der Waals surface area (Å²) in [5, 5.41) is 7.43. The van der Waals surface area contributed by atoms with Crippen LogP contribution in [0.25, 0.3) is 0 Å². The maximum Gasteiger partial charge on any atom is 0.338 e. The van der Waals surface area contributed by atoms with Crippen molar-refractivity contribution in [2.24, 2.45) is 4.99 Å². The van der Waals surface area contributed by atoms with E-state index in [1.54, 1.807) is 26.2 Å². The summed E-state index contributed by atoms with van der Waals surface area (Å²) >= 11 is 2.95. The van der Waals surface area contributed by atoms with Gasteiger partial charge in [0.05, 0.1) is 24.3 Å². The second-order valence-electron chi connectivity index (χ2n) is 7.62. The molecular weight excluding hydrogens is 477 g/mol. The highest BCUT2D eigenvalue weighted by molar-refractivity contribution is 8.16. The lowest BCUT2D eigenvalue weighted by molar-refractivity contribution is -0.141. The molecule has 1 N–H and O–H groups in total. The molecule has 1 aromatic carbocycles. The van der Waals surface area contributed by atoms with Gasteiger partial charge in [0.2, 0.25) is 5.91 Å². The van der Waals surface area contributed by atoms with Crippen LogP contribution in [0.1, 0.15) is 29.8 Å². The number of benzene rings is 1. The first-order valence-electron chi connectivity index (χ1n) is 10.6. The van der Waals surface area contributed by atoms with Crippen molar-refractivity contribution in [3.8, 4) is 0 Å². The van der Waals surface area contributed by atoms with Crippen LogP contribution in [0.5, 0.6) is 0 Å². The number of carbonyl (C=O) groups excluding carboxylic acids is 2. The van der Waals surface area contributed by atoms with Gasteiger partial charge in [0.25, 0.3) is 0 Å². The van der Waals surface area contributed by atoms with Crippen molar-refractivity contribution >= 4 is 40.1 Å². The molecule has 10 heteroatoms. The Hall–Kier alpha value is -2.95. The number of fused-ring (bicyclic) bond motifs is 1. The zero-order chi connectivity index (χ0) is 24.1. The first-order valence-corrected chi connectivity index (χ1v) is 12.4. The van der Waals surface area contributed by atoms with Crippen LogP contribution in [-0.2, 0) is 25.6 Å². The maximum atomic E-state index is 13.1. The Morgan fingerprint density at radius 3 is 2.71 bits per heavy atom. The van der Waals surface area contributed by atoms with E-state index < -0.39 is 12.0 Å². The summed E-state index contributed by atoms with van der Waals surface area (Å²) in [5.74, 6) is -0.953. The van der Waals surface area contributed by atoms with Crippen molar-refractivity contribution in [3.05, 3.63) is 80.4 Å². The van der Waals surface area contributed by atoms with Crippen molar-refractivity contribution in [1.29, 1.82) is 0 Å². The number of nitrogens with zero attached hydrogens (tertiary/aromatic N) is 2. The Morgan fingerprint density at radius 2 is 2.00 bits per heavy atom. The molecule has 1 atom stereocenters. The summed E-state index contributed by atoms with van der Waals surface area (Å²) in [6.45, 7) is 2.54. The summed E-state index contributed by atoms with van der Waals surface area (Å²) in [6, 6.07) is 9.45. The molecule has 7 nitrogen and oxygen atoms in total. The number of nitrogens with one attached hydrogen (secondary N) is 1. The van der Waals surface area contributed by atoms with Gasteiger partial charge >= 0.3 is 5.97 Å². The number of aliphatic imine (C=N–C) groups is 1. The fourth-order valence-corrected chi connectivity index (χ4v) is 5.46. The molecule has 1 unspecified atom stereocenters. The quantitative estimate of drug-likeness (QED) is 0.406. The predicted molar refractivity (Wildman–Crippen MR) is 130 cm³/mol. The molecule has 0 saturated carbocycles. The van der Waals surface area contributed by atoms with Crippen molar-refractivity contribution in [1.82, 2.24) is 10.2 Å². The standard InChI is InChI=1S/C24H24FN3O4S2/c1-15-21(23(30)32-10-9-31-2)22(19-4-3-11-33-19)28-18(14-34-24(28)27-15)12-20(29)26-13-16-5-7-17(25)8-6-16/h3-8,11,14,22H,9-10,12-13H2,1-2H3,(H,26,29). The van der Waals surface area contributed by atoms with Gasteiger partial charge in [-0.25, -0.2) is 14.2 Å². The number of rotatable bonds is 9. The number of carbonyl (C=O) groups is 2. The van der Waals surface area contributed by atoms with Crippen LogP contribution in [-0.4, -0.2) is 42.3 Å². The number of halogens is 1. The number of thioether (sulfide) groups is 1. The molecule has 2 aromatic rings. The van der Waals surface area contributed by atoms with E-state index in [-0.39, 0.29) is 24.8 Å². The van der Waals surface area contributed by atoms with Gasteiger partial charge in [0, 0.05) is 24.2 Å². The predicted octanol–water partition coefficient (Wildman–Crippen LogP) is 4.36. The van der Waals surface area contributed by atoms with Crippen LogP contribution in [0.3, 0.4) is 0 Å².